The first kappa shape index (κ1) is 18.5. The maximum Gasteiger partial charge on any atom is 0.254 e. The van der Waals surface area contributed by atoms with Crippen LogP contribution in [0.3, 0.4) is 0 Å². The van der Waals surface area contributed by atoms with Gasteiger partial charge in [-0.15, -0.1) is 0 Å². The lowest BCUT2D eigenvalue weighted by Crippen LogP contribution is -3.13. The highest BCUT2D eigenvalue weighted by molar-refractivity contribution is 5.94. The standard InChI is InChI=1S/C24H26N2O2/c1-2-28-22-12-10-20(11-13-22)24(27)26-16-14-25(15-17-26)18-21-8-5-7-19-6-3-4-9-23(19)21/h3-13H,2,14-18H2,1H3/p+1. The van der Waals surface area contributed by atoms with Crippen LogP contribution in [0.25, 0.3) is 10.8 Å². The van der Waals surface area contributed by atoms with E-state index >= 15 is 0 Å². The number of hydrogen-bond donors (Lipinski definition) is 1. The van der Waals surface area contributed by atoms with Gasteiger partial charge in [0.1, 0.15) is 12.3 Å². The number of nitrogens with zero attached hydrogens (tertiary/aromatic N) is 1. The van der Waals surface area contributed by atoms with Gasteiger partial charge in [-0.05, 0) is 42.0 Å². The van der Waals surface area contributed by atoms with Crippen molar-refractivity contribution in [1.82, 2.24) is 4.90 Å². The number of nitrogens with one attached hydrogen (secondary N) is 1. The Bertz CT molecular complexity index is 939. The molecule has 1 heterocycles. The quantitative estimate of drug-likeness (QED) is 0.744. The number of piperazine rings is 1. The highest BCUT2D eigenvalue weighted by Gasteiger charge is 2.25. The van der Waals surface area contributed by atoms with Crippen molar-refractivity contribution in [2.24, 2.45) is 0 Å². The van der Waals surface area contributed by atoms with Crippen molar-refractivity contribution in [3.05, 3.63) is 77.9 Å². The zero-order valence-electron chi connectivity index (χ0n) is 16.4. The van der Waals surface area contributed by atoms with Crippen molar-refractivity contribution in [2.45, 2.75) is 13.5 Å². The average molecular weight is 375 g/mol. The molecule has 144 valence electrons. The first-order valence-electron chi connectivity index (χ1n) is 10.1. The van der Waals surface area contributed by atoms with Crippen LogP contribution in [-0.2, 0) is 6.54 Å². The molecule has 0 atom stereocenters. The minimum absolute atomic E-state index is 0.118. The van der Waals surface area contributed by atoms with Gasteiger partial charge in [-0.3, -0.25) is 4.79 Å². The molecule has 1 fully saturated rings. The maximum atomic E-state index is 12.8. The molecule has 1 aliphatic heterocycles. The van der Waals surface area contributed by atoms with Crippen LogP contribution in [0.4, 0.5) is 0 Å². The molecule has 0 spiro atoms. The Morgan fingerprint density at radius 1 is 0.964 bits per heavy atom. The van der Waals surface area contributed by atoms with Crippen LogP contribution in [-0.4, -0.2) is 43.6 Å². The van der Waals surface area contributed by atoms with Crippen LogP contribution in [0, 0.1) is 0 Å². The van der Waals surface area contributed by atoms with Gasteiger partial charge in [-0.25, -0.2) is 0 Å². The lowest BCUT2D eigenvalue weighted by atomic mass is 10.0. The van der Waals surface area contributed by atoms with E-state index in [1.165, 1.54) is 21.2 Å². The molecule has 28 heavy (non-hydrogen) atoms. The lowest BCUT2D eigenvalue weighted by molar-refractivity contribution is -0.917. The van der Waals surface area contributed by atoms with Gasteiger partial charge in [0.05, 0.1) is 32.8 Å². The molecule has 0 radical (unpaired) electrons. The zero-order valence-corrected chi connectivity index (χ0v) is 16.4. The van der Waals surface area contributed by atoms with E-state index in [1.807, 2.05) is 36.1 Å². The monoisotopic (exact) mass is 375 g/mol. The van der Waals surface area contributed by atoms with Gasteiger partial charge < -0.3 is 14.5 Å². The van der Waals surface area contributed by atoms with E-state index in [-0.39, 0.29) is 5.91 Å². The molecular formula is C24H27N2O2+. The van der Waals surface area contributed by atoms with Crippen molar-refractivity contribution in [3.8, 4) is 5.75 Å². The minimum Gasteiger partial charge on any atom is -0.494 e. The van der Waals surface area contributed by atoms with Gasteiger partial charge in [0.2, 0.25) is 0 Å². The second kappa shape index (κ2) is 8.44. The van der Waals surface area contributed by atoms with Gasteiger partial charge in [0.15, 0.2) is 0 Å². The number of hydrogen-bond acceptors (Lipinski definition) is 2. The van der Waals surface area contributed by atoms with Crippen LogP contribution in [0.15, 0.2) is 66.7 Å². The fourth-order valence-corrected chi connectivity index (χ4v) is 3.96. The fraction of sp³-hybridized carbons (Fsp3) is 0.292. The van der Waals surface area contributed by atoms with Crippen LogP contribution in [0.1, 0.15) is 22.8 Å². The first-order valence-corrected chi connectivity index (χ1v) is 10.1. The number of ether oxygens (including phenoxy) is 1. The van der Waals surface area contributed by atoms with E-state index in [1.54, 1.807) is 0 Å². The van der Waals surface area contributed by atoms with Crippen molar-refractivity contribution in [2.75, 3.05) is 32.8 Å². The summed E-state index contributed by atoms with van der Waals surface area (Å²) in [5.41, 5.74) is 2.13. The molecule has 1 saturated heterocycles. The van der Waals surface area contributed by atoms with Gasteiger partial charge in [0.25, 0.3) is 5.91 Å². The summed E-state index contributed by atoms with van der Waals surface area (Å²) in [4.78, 5) is 16.3. The summed E-state index contributed by atoms with van der Waals surface area (Å²) in [5.74, 6) is 0.927. The Morgan fingerprint density at radius 2 is 1.68 bits per heavy atom. The Labute approximate surface area is 166 Å². The van der Waals surface area contributed by atoms with Crippen molar-refractivity contribution in [1.29, 1.82) is 0 Å². The zero-order chi connectivity index (χ0) is 19.3. The van der Waals surface area contributed by atoms with E-state index < -0.39 is 0 Å². The Kier molecular flexibility index (Phi) is 5.58. The molecule has 0 aliphatic carbocycles. The fourth-order valence-electron chi connectivity index (χ4n) is 3.96. The number of quaternary nitrogens is 1. The molecule has 4 rings (SSSR count). The molecule has 1 amide bonds. The van der Waals surface area contributed by atoms with Crippen molar-refractivity contribution >= 4 is 16.7 Å². The molecule has 4 nitrogen and oxygen atoms in total. The summed E-state index contributed by atoms with van der Waals surface area (Å²) in [5, 5.41) is 2.63. The SMILES string of the molecule is CCOc1ccc(C(=O)N2CC[NH+](Cc3cccc4ccccc34)CC2)cc1. The van der Waals surface area contributed by atoms with E-state index in [2.05, 4.69) is 42.5 Å². The van der Waals surface area contributed by atoms with Crippen LogP contribution < -0.4 is 9.64 Å². The normalized spacial score (nSPS) is 15.0. The van der Waals surface area contributed by atoms with Gasteiger partial charge in [-0.2, -0.15) is 0 Å². The maximum absolute atomic E-state index is 12.8. The molecule has 0 saturated carbocycles. The molecule has 4 heteroatoms. The molecular weight excluding hydrogens is 348 g/mol. The molecule has 3 aromatic carbocycles. The van der Waals surface area contributed by atoms with Crippen molar-refractivity contribution < 1.29 is 14.4 Å². The highest BCUT2D eigenvalue weighted by atomic mass is 16.5. The largest absolute Gasteiger partial charge is 0.494 e. The second-order valence-corrected chi connectivity index (χ2v) is 7.31. The Balaban J connectivity index is 1.37. The van der Waals surface area contributed by atoms with Crippen LogP contribution in [0.5, 0.6) is 5.75 Å². The third-order valence-electron chi connectivity index (χ3n) is 5.49. The van der Waals surface area contributed by atoms with E-state index in [9.17, 15) is 4.79 Å². The van der Waals surface area contributed by atoms with Crippen molar-refractivity contribution in [3.63, 3.8) is 0 Å². The third kappa shape index (κ3) is 4.02. The predicted molar refractivity (Wildman–Crippen MR) is 112 cm³/mol. The number of carbonyl (C=O) groups excluding carboxylic acids is 1. The number of benzene rings is 3. The molecule has 3 aromatic rings. The number of fused-ring (bicyclic) bond motifs is 1. The predicted octanol–water partition coefficient (Wildman–Crippen LogP) is 2.78. The summed E-state index contributed by atoms with van der Waals surface area (Å²) in [6, 6.07) is 22.6. The van der Waals surface area contributed by atoms with Crippen LogP contribution >= 0.6 is 0 Å². The molecule has 1 N–H and O–H groups in total. The van der Waals surface area contributed by atoms with Gasteiger partial charge >= 0.3 is 0 Å². The van der Waals surface area contributed by atoms with Gasteiger partial charge in [0, 0.05) is 11.1 Å². The number of amides is 1. The minimum atomic E-state index is 0.118. The first-order chi connectivity index (χ1) is 13.7. The highest BCUT2D eigenvalue weighted by Crippen LogP contribution is 2.18. The summed E-state index contributed by atoms with van der Waals surface area (Å²) in [7, 11) is 0. The van der Waals surface area contributed by atoms with E-state index in [0.717, 1.165) is 44.0 Å². The smallest absolute Gasteiger partial charge is 0.254 e. The molecule has 0 unspecified atom stereocenters. The number of rotatable bonds is 5. The van der Waals surface area contributed by atoms with Crippen LogP contribution in [0.2, 0.25) is 0 Å². The topological polar surface area (TPSA) is 34.0 Å². The van der Waals surface area contributed by atoms with Gasteiger partial charge in [-0.1, -0.05) is 42.5 Å². The second-order valence-electron chi connectivity index (χ2n) is 7.31. The molecule has 0 aromatic heterocycles. The van der Waals surface area contributed by atoms with E-state index in [4.69, 9.17) is 4.74 Å². The Morgan fingerprint density at radius 3 is 2.43 bits per heavy atom. The summed E-state index contributed by atoms with van der Waals surface area (Å²) < 4.78 is 5.46. The lowest BCUT2D eigenvalue weighted by Gasteiger charge is -2.32. The Hall–Kier alpha value is -2.85. The summed E-state index contributed by atoms with van der Waals surface area (Å²) >= 11 is 0. The molecule has 0 bridgehead atoms. The average Bonchev–Trinajstić information content (AvgIpc) is 2.75. The third-order valence-corrected chi connectivity index (χ3v) is 5.49. The number of carbonyl (C=O) groups is 1. The summed E-state index contributed by atoms with van der Waals surface area (Å²) in [6.07, 6.45) is 0. The molecule has 1 aliphatic rings. The van der Waals surface area contributed by atoms with E-state index in [0.29, 0.717) is 6.61 Å². The summed E-state index contributed by atoms with van der Waals surface area (Å²) in [6.45, 7) is 7.15.